The van der Waals surface area contributed by atoms with Crippen molar-refractivity contribution in [3.05, 3.63) is 21.9 Å². The SMILES string of the molecule is Cc1ccc(C(N)CC2CCCC2)s1. The Bertz CT molecular complexity index is 286. The first-order valence-corrected chi connectivity index (χ1v) is 6.39. The standard InChI is InChI=1S/C12H19NS/c1-9-6-7-12(14-9)11(13)8-10-4-2-3-5-10/h6-7,10-11H,2-5,8,13H2,1H3. The number of hydrogen-bond acceptors (Lipinski definition) is 2. The minimum Gasteiger partial charge on any atom is -0.323 e. The van der Waals surface area contributed by atoms with Crippen molar-refractivity contribution in [2.24, 2.45) is 11.7 Å². The molecule has 1 fully saturated rings. The molecule has 1 aliphatic rings. The minimum absolute atomic E-state index is 0.289. The lowest BCUT2D eigenvalue weighted by molar-refractivity contribution is 0.454. The van der Waals surface area contributed by atoms with Gasteiger partial charge in [0.05, 0.1) is 0 Å². The van der Waals surface area contributed by atoms with Crippen molar-refractivity contribution in [2.75, 3.05) is 0 Å². The average Bonchev–Trinajstić information content (AvgIpc) is 2.75. The summed E-state index contributed by atoms with van der Waals surface area (Å²) >= 11 is 1.85. The van der Waals surface area contributed by atoms with E-state index < -0.39 is 0 Å². The van der Waals surface area contributed by atoms with Gasteiger partial charge in [0.25, 0.3) is 0 Å². The Kier molecular flexibility index (Phi) is 3.24. The Balaban J connectivity index is 1.91. The molecule has 1 aliphatic carbocycles. The van der Waals surface area contributed by atoms with Crippen molar-refractivity contribution in [3.8, 4) is 0 Å². The second kappa shape index (κ2) is 4.45. The van der Waals surface area contributed by atoms with Crippen LogP contribution in [0.5, 0.6) is 0 Å². The Morgan fingerprint density at radius 1 is 1.43 bits per heavy atom. The van der Waals surface area contributed by atoms with Gasteiger partial charge in [-0.25, -0.2) is 0 Å². The van der Waals surface area contributed by atoms with E-state index in [1.54, 1.807) is 0 Å². The molecule has 1 atom stereocenters. The summed E-state index contributed by atoms with van der Waals surface area (Å²) in [6, 6.07) is 4.66. The van der Waals surface area contributed by atoms with Crippen LogP contribution < -0.4 is 5.73 Å². The number of hydrogen-bond donors (Lipinski definition) is 1. The summed E-state index contributed by atoms with van der Waals surface area (Å²) in [5, 5.41) is 0. The van der Waals surface area contributed by atoms with Crippen LogP contribution in [-0.4, -0.2) is 0 Å². The van der Waals surface area contributed by atoms with Crippen molar-refractivity contribution < 1.29 is 0 Å². The highest BCUT2D eigenvalue weighted by Gasteiger charge is 2.19. The summed E-state index contributed by atoms with van der Waals surface area (Å²) in [4.78, 5) is 2.75. The van der Waals surface area contributed by atoms with Crippen molar-refractivity contribution in [1.29, 1.82) is 0 Å². The summed E-state index contributed by atoms with van der Waals surface area (Å²) < 4.78 is 0. The first kappa shape index (κ1) is 10.2. The van der Waals surface area contributed by atoms with Crippen molar-refractivity contribution in [3.63, 3.8) is 0 Å². The molecule has 0 aromatic carbocycles. The predicted octanol–water partition coefficient (Wildman–Crippen LogP) is 3.64. The van der Waals surface area contributed by atoms with Crippen LogP contribution in [0.15, 0.2) is 12.1 Å². The molecule has 1 aromatic heterocycles. The van der Waals surface area contributed by atoms with Gasteiger partial charge in [0.1, 0.15) is 0 Å². The molecule has 0 aliphatic heterocycles. The molecule has 0 spiro atoms. The van der Waals surface area contributed by atoms with Crippen LogP contribution in [0.25, 0.3) is 0 Å². The first-order chi connectivity index (χ1) is 6.75. The van der Waals surface area contributed by atoms with Crippen LogP contribution in [0.4, 0.5) is 0 Å². The second-order valence-corrected chi connectivity index (χ2v) is 5.76. The zero-order valence-corrected chi connectivity index (χ0v) is 9.65. The van der Waals surface area contributed by atoms with E-state index in [0.717, 1.165) is 5.92 Å². The van der Waals surface area contributed by atoms with Crippen LogP contribution in [0.3, 0.4) is 0 Å². The molecule has 0 bridgehead atoms. The van der Waals surface area contributed by atoms with Crippen LogP contribution in [-0.2, 0) is 0 Å². The van der Waals surface area contributed by atoms with Gasteiger partial charge in [0.15, 0.2) is 0 Å². The zero-order chi connectivity index (χ0) is 9.97. The molecule has 2 N–H and O–H groups in total. The van der Waals surface area contributed by atoms with E-state index in [0.29, 0.717) is 0 Å². The minimum atomic E-state index is 0.289. The third kappa shape index (κ3) is 2.37. The molecule has 14 heavy (non-hydrogen) atoms. The number of rotatable bonds is 3. The van der Waals surface area contributed by atoms with Gasteiger partial charge < -0.3 is 5.73 Å². The Hall–Kier alpha value is -0.340. The fourth-order valence-electron chi connectivity index (χ4n) is 2.37. The van der Waals surface area contributed by atoms with E-state index in [1.807, 2.05) is 11.3 Å². The molecular formula is C12H19NS. The van der Waals surface area contributed by atoms with Crippen molar-refractivity contribution >= 4 is 11.3 Å². The normalized spacial score (nSPS) is 20.1. The van der Waals surface area contributed by atoms with E-state index in [9.17, 15) is 0 Å². The average molecular weight is 209 g/mol. The van der Waals surface area contributed by atoms with Gasteiger partial charge in [0, 0.05) is 15.8 Å². The molecule has 1 unspecified atom stereocenters. The maximum absolute atomic E-state index is 6.20. The van der Waals surface area contributed by atoms with Gasteiger partial charge in [-0.3, -0.25) is 0 Å². The highest BCUT2D eigenvalue weighted by Crippen LogP contribution is 2.33. The monoisotopic (exact) mass is 209 g/mol. The molecule has 0 radical (unpaired) electrons. The Morgan fingerprint density at radius 2 is 2.14 bits per heavy atom. The predicted molar refractivity (Wildman–Crippen MR) is 62.6 cm³/mol. The fraction of sp³-hybridized carbons (Fsp3) is 0.667. The van der Waals surface area contributed by atoms with Crippen LogP contribution in [0.1, 0.15) is 47.9 Å². The van der Waals surface area contributed by atoms with Crippen LogP contribution >= 0.6 is 11.3 Å². The fourth-order valence-corrected chi connectivity index (χ4v) is 3.27. The molecule has 0 amide bonds. The van der Waals surface area contributed by atoms with E-state index in [4.69, 9.17) is 5.73 Å². The lowest BCUT2D eigenvalue weighted by Crippen LogP contribution is -2.12. The highest BCUT2D eigenvalue weighted by molar-refractivity contribution is 7.12. The molecule has 1 aromatic rings. The highest BCUT2D eigenvalue weighted by atomic mass is 32.1. The van der Waals surface area contributed by atoms with Crippen molar-refractivity contribution in [2.45, 2.75) is 45.1 Å². The van der Waals surface area contributed by atoms with E-state index in [-0.39, 0.29) is 6.04 Å². The molecule has 1 saturated carbocycles. The van der Waals surface area contributed by atoms with Gasteiger partial charge in [-0.1, -0.05) is 25.7 Å². The van der Waals surface area contributed by atoms with Gasteiger partial charge in [0.2, 0.25) is 0 Å². The van der Waals surface area contributed by atoms with Gasteiger partial charge in [-0.05, 0) is 31.4 Å². The largest absolute Gasteiger partial charge is 0.323 e. The first-order valence-electron chi connectivity index (χ1n) is 5.57. The zero-order valence-electron chi connectivity index (χ0n) is 8.83. The smallest absolute Gasteiger partial charge is 0.0392 e. The van der Waals surface area contributed by atoms with Crippen molar-refractivity contribution in [1.82, 2.24) is 0 Å². The van der Waals surface area contributed by atoms with Crippen LogP contribution in [0.2, 0.25) is 0 Å². The maximum atomic E-state index is 6.20. The van der Waals surface area contributed by atoms with Crippen LogP contribution in [0, 0.1) is 12.8 Å². The lowest BCUT2D eigenvalue weighted by atomic mass is 9.98. The molecule has 78 valence electrons. The summed E-state index contributed by atoms with van der Waals surface area (Å²) in [6.07, 6.45) is 6.83. The molecule has 2 rings (SSSR count). The third-order valence-corrected chi connectivity index (χ3v) is 4.32. The van der Waals surface area contributed by atoms with E-state index in [2.05, 4.69) is 19.1 Å². The van der Waals surface area contributed by atoms with E-state index >= 15 is 0 Å². The molecule has 1 heterocycles. The summed E-state index contributed by atoms with van der Waals surface area (Å²) in [7, 11) is 0. The Morgan fingerprint density at radius 3 is 2.71 bits per heavy atom. The topological polar surface area (TPSA) is 26.0 Å². The number of aryl methyl sites for hydroxylation is 1. The quantitative estimate of drug-likeness (QED) is 0.808. The molecular weight excluding hydrogens is 190 g/mol. The molecule has 0 saturated heterocycles. The lowest BCUT2D eigenvalue weighted by Gasteiger charge is -2.14. The number of thiophene rings is 1. The van der Waals surface area contributed by atoms with Gasteiger partial charge in [-0.2, -0.15) is 0 Å². The second-order valence-electron chi connectivity index (χ2n) is 4.44. The summed E-state index contributed by atoms with van der Waals surface area (Å²) in [5.74, 6) is 0.896. The Labute approximate surface area is 90.3 Å². The van der Waals surface area contributed by atoms with Gasteiger partial charge >= 0.3 is 0 Å². The maximum Gasteiger partial charge on any atom is 0.0392 e. The third-order valence-electron chi connectivity index (χ3n) is 3.19. The summed E-state index contributed by atoms with van der Waals surface area (Å²) in [5.41, 5.74) is 6.20. The molecule has 2 heteroatoms. The van der Waals surface area contributed by atoms with Gasteiger partial charge in [-0.15, -0.1) is 11.3 Å². The molecule has 1 nitrogen and oxygen atoms in total. The summed E-state index contributed by atoms with van der Waals surface area (Å²) in [6.45, 7) is 2.15. The van der Waals surface area contributed by atoms with E-state index in [1.165, 1.54) is 41.9 Å². The number of nitrogens with two attached hydrogens (primary N) is 1.